The summed E-state index contributed by atoms with van der Waals surface area (Å²) in [6.07, 6.45) is 0. The van der Waals surface area contributed by atoms with Gasteiger partial charge in [-0.15, -0.1) is 0 Å². The fourth-order valence-corrected chi connectivity index (χ4v) is 2.19. The summed E-state index contributed by atoms with van der Waals surface area (Å²) in [5, 5.41) is 14.0. The molecule has 84 valence electrons. The van der Waals surface area contributed by atoms with E-state index in [9.17, 15) is 5.11 Å². The molecule has 0 bridgehead atoms. The highest BCUT2D eigenvalue weighted by molar-refractivity contribution is 6.10. The summed E-state index contributed by atoms with van der Waals surface area (Å²) < 4.78 is 5.23. The first-order valence-corrected chi connectivity index (χ1v) is 5.48. The van der Waals surface area contributed by atoms with Gasteiger partial charge in [0.25, 0.3) is 0 Å². The van der Waals surface area contributed by atoms with E-state index in [0.29, 0.717) is 5.75 Å². The van der Waals surface area contributed by atoms with Gasteiger partial charge in [-0.25, -0.2) is 0 Å². The molecule has 0 spiro atoms. The number of hydrogen-bond acceptors (Lipinski definition) is 2. The highest BCUT2D eigenvalue weighted by atomic mass is 16.5. The van der Waals surface area contributed by atoms with Gasteiger partial charge in [0.1, 0.15) is 11.5 Å². The van der Waals surface area contributed by atoms with Crippen LogP contribution in [0.25, 0.3) is 21.5 Å². The average Bonchev–Trinajstić information content (AvgIpc) is 2.38. The van der Waals surface area contributed by atoms with Crippen molar-refractivity contribution in [3.63, 3.8) is 0 Å². The number of aromatic hydroxyl groups is 1. The molecule has 0 aromatic heterocycles. The molecule has 0 atom stereocenters. The quantitative estimate of drug-likeness (QED) is 0.638. The molecule has 0 aliphatic heterocycles. The second kappa shape index (κ2) is 3.67. The van der Waals surface area contributed by atoms with Crippen LogP contribution in [0.2, 0.25) is 0 Å². The van der Waals surface area contributed by atoms with Gasteiger partial charge in [-0.1, -0.05) is 30.3 Å². The van der Waals surface area contributed by atoms with Crippen LogP contribution in [0.3, 0.4) is 0 Å². The van der Waals surface area contributed by atoms with Crippen LogP contribution in [0.4, 0.5) is 0 Å². The molecule has 3 aromatic rings. The van der Waals surface area contributed by atoms with Crippen LogP contribution in [0, 0.1) is 0 Å². The van der Waals surface area contributed by atoms with E-state index in [0.717, 1.165) is 27.3 Å². The Hall–Kier alpha value is -2.22. The summed E-state index contributed by atoms with van der Waals surface area (Å²) >= 11 is 0. The van der Waals surface area contributed by atoms with E-state index < -0.39 is 0 Å². The van der Waals surface area contributed by atoms with Gasteiger partial charge in [-0.05, 0) is 34.4 Å². The minimum absolute atomic E-state index is 0.307. The molecular weight excluding hydrogens is 212 g/mol. The number of ether oxygens (including phenoxy) is 1. The van der Waals surface area contributed by atoms with Gasteiger partial charge in [0, 0.05) is 5.39 Å². The molecule has 0 saturated carbocycles. The van der Waals surface area contributed by atoms with Gasteiger partial charge >= 0.3 is 0 Å². The Morgan fingerprint density at radius 2 is 1.71 bits per heavy atom. The minimum atomic E-state index is 0.307. The molecule has 1 N–H and O–H groups in total. The maximum Gasteiger partial charge on any atom is 0.124 e. The van der Waals surface area contributed by atoms with Crippen molar-refractivity contribution in [3.05, 3.63) is 48.5 Å². The number of benzene rings is 3. The molecule has 0 heterocycles. The lowest BCUT2D eigenvalue weighted by molar-refractivity contribution is 0.415. The highest BCUT2D eigenvalue weighted by Gasteiger charge is 2.05. The van der Waals surface area contributed by atoms with Gasteiger partial charge in [-0.2, -0.15) is 0 Å². The van der Waals surface area contributed by atoms with Gasteiger partial charge in [0.2, 0.25) is 0 Å². The average molecular weight is 224 g/mol. The van der Waals surface area contributed by atoms with Crippen LogP contribution >= 0.6 is 0 Å². The van der Waals surface area contributed by atoms with E-state index in [1.165, 1.54) is 0 Å². The Balaban J connectivity index is 2.52. The van der Waals surface area contributed by atoms with E-state index in [-0.39, 0.29) is 0 Å². The first kappa shape index (κ1) is 9.97. The van der Waals surface area contributed by atoms with Gasteiger partial charge < -0.3 is 9.84 Å². The van der Waals surface area contributed by atoms with Gasteiger partial charge in [0.05, 0.1) is 7.11 Å². The maximum absolute atomic E-state index is 9.99. The fourth-order valence-electron chi connectivity index (χ4n) is 2.19. The van der Waals surface area contributed by atoms with Crippen molar-refractivity contribution in [2.24, 2.45) is 0 Å². The molecule has 0 unspecified atom stereocenters. The third-order valence-corrected chi connectivity index (χ3v) is 3.05. The first-order chi connectivity index (χ1) is 8.29. The van der Waals surface area contributed by atoms with Crippen molar-refractivity contribution in [2.75, 3.05) is 7.11 Å². The topological polar surface area (TPSA) is 29.5 Å². The molecule has 0 amide bonds. The first-order valence-electron chi connectivity index (χ1n) is 5.48. The zero-order chi connectivity index (χ0) is 11.8. The predicted molar refractivity (Wildman–Crippen MR) is 69.7 cm³/mol. The Bertz CT molecular complexity index is 702. The molecule has 17 heavy (non-hydrogen) atoms. The van der Waals surface area contributed by atoms with E-state index in [2.05, 4.69) is 6.07 Å². The van der Waals surface area contributed by atoms with Gasteiger partial charge in [0.15, 0.2) is 0 Å². The summed E-state index contributed by atoms with van der Waals surface area (Å²) in [6, 6.07) is 15.5. The second-order valence-electron chi connectivity index (χ2n) is 4.03. The van der Waals surface area contributed by atoms with E-state index >= 15 is 0 Å². The predicted octanol–water partition coefficient (Wildman–Crippen LogP) is 3.71. The summed E-state index contributed by atoms with van der Waals surface area (Å²) in [4.78, 5) is 0. The number of methoxy groups -OCH3 is 1. The second-order valence-corrected chi connectivity index (χ2v) is 4.03. The molecule has 0 radical (unpaired) electrons. The third-order valence-electron chi connectivity index (χ3n) is 3.05. The normalized spacial score (nSPS) is 10.9. The number of phenols is 1. The Morgan fingerprint density at radius 3 is 2.53 bits per heavy atom. The van der Waals surface area contributed by atoms with Crippen molar-refractivity contribution in [1.82, 2.24) is 0 Å². The fraction of sp³-hybridized carbons (Fsp3) is 0.0667. The highest BCUT2D eigenvalue weighted by Crippen LogP contribution is 2.33. The van der Waals surface area contributed by atoms with Crippen molar-refractivity contribution in [2.45, 2.75) is 0 Å². The molecule has 2 heteroatoms. The van der Waals surface area contributed by atoms with Crippen molar-refractivity contribution < 1.29 is 9.84 Å². The summed E-state index contributed by atoms with van der Waals surface area (Å²) in [5.74, 6) is 1.11. The van der Waals surface area contributed by atoms with E-state index in [1.54, 1.807) is 13.2 Å². The van der Waals surface area contributed by atoms with Crippen LogP contribution in [-0.4, -0.2) is 12.2 Å². The summed E-state index contributed by atoms with van der Waals surface area (Å²) in [5.41, 5.74) is 0. The van der Waals surface area contributed by atoms with Crippen molar-refractivity contribution >= 4 is 21.5 Å². The Kier molecular flexibility index (Phi) is 2.15. The van der Waals surface area contributed by atoms with E-state index in [4.69, 9.17) is 4.74 Å². The van der Waals surface area contributed by atoms with Crippen LogP contribution in [0.15, 0.2) is 48.5 Å². The van der Waals surface area contributed by atoms with Crippen LogP contribution in [0.1, 0.15) is 0 Å². The molecule has 0 fully saturated rings. The molecule has 0 saturated heterocycles. The monoisotopic (exact) mass is 224 g/mol. The maximum atomic E-state index is 9.99. The third kappa shape index (κ3) is 1.49. The SMILES string of the molecule is COc1ccc2ccc3cccc(O)c3c2c1. The standard InChI is InChI=1S/C15H12O2/c1-17-12-8-7-10-5-6-11-3-2-4-14(16)15(11)13(10)9-12/h2-9,16H,1H3. The van der Waals surface area contributed by atoms with Gasteiger partial charge in [-0.3, -0.25) is 0 Å². The lowest BCUT2D eigenvalue weighted by Crippen LogP contribution is -1.83. The lowest BCUT2D eigenvalue weighted by atomic mass is 10.0. The number of fused-ring (bicyclic) bond motifs is 3. The molecular formula is C15H12O2. The number of rotatable bonds is 1. The molecule has 0 aliphatic carbocycles. The Morgan fingerprint density at radius 1 is 0.941 bits per heavy atom. The summed E-state index contributed by atoms with van der Waals surface area (Å²) in [7, 11) is 1.64. The molecule has 2 nitrogen and oxygen atoms in total. The number of hydrogen-bond donors (Lipinski definition) is 1. The molecule has 0 aliphatic rings. The smallest absolute Gasteiger partial charge is 0.124 e. The van der Waals surface area contributed by atoms with Crippen molar-refractivity contribution in [3.8, 4) is 11.5 Å². The Labute approximate surface area is 99.1 Å². The van der Waals surface area contributed by atoms with Crippen LogP contribution in [0.5, 0.6) is 11.5 Å². The van der Waals surface area contributed by atoms with Crippen LogP contribution < -0.4 is 4.74 Å². The van der Waals surface area contributed by atoms with Crippen molar-refractivity contribution in [1.29, 1.82) is 0 Å². The van der Waals surface area contributed by atoms with Crippen LogP contribution in [-0.2, 0) is 0 Å². The molecule has 3 rings (SSSR count). The zero-order valence-electron chi connectivity index (χ0n) is 9.47. The number of phenolic OH excluding ortho intramolecular Hbond substituents is 1. The zero-order valence-corrected chi connectivity index (χ0v) is 9.47. The lowest BCUT2D eigenvalue weighted by Gasteiger charge is -2.07. The summed E-state index contributed by atoms with van der Waals surface area (Å²) in [6.45, 7) is 0. The molecule has 3 aromatic carbocycles. The largest absolute Gasteiger partial charge is 0.507 e. The minimum Gasteiger partial charge on any atom is -0.507 e. The van der Waals surface area contributed by atoms with E-state index in [1.807, 2.05) is 36.4 Å².